The van der Waals surface area contributed by atoms with Crippen LogP contribution in [0.3, 0.4) is 0 Å². The number of rotatable bonds is 29. The third-order valence-electron chi connectivity index (χ3n) is 12.4. The Labute approximate surface area is 601 Å². The molecule has 3 aromatic carbocycles. The molecule has 494 valence electrons. The van der Waals surface area contributed by atoms with Gasteiger partial charge in [0.15, 0.2) is 0 Å². The first-order valence-electron chi connectivity index (χ1n) is 30.0. The smallest absolute Gasteiger partial charge is 1.00 e. The summed E-state index contributed by atoms with van der Waals surface area (Å²) in [6.45, 7) is 26.0. The number of carboxylic acid groups (broad SMARTS) is 2. The number of halogens is 1. The first kappa shape index (κ1) is 93.2. The monoisotopic (exact) mass is 1360 g/mol. The van der Waals surface area contributed by atoms with Crippen LogP contribution in [0.25, 0.3) is 0 Å². The first-order valence-corrected chi connectivity index (χ1v) is 31.9. The zero-order chi connectivity index (χ0) is 69.1. The van der Waals surface area contributed by atoms with E-state index in [0.717, 1.165) is 41.0 Å². The summed E-state index contributed by atoms with van der Waals surface area (Å²) < 4.78 is 15.0. The molecule has 0 fully saturated rings. The Hall–Kier alpha value is -8.23. The number of carbonyl (C=O) groups excluding carboxylic acids is 7. The molecule has 0 amide bonds. The van der Waals surface area contributed by atoms with Crippen LogP contribution in [0, 0.1) is 0 Å². The molecular weight excluding hydrogens is 1270 g/mol. The third-order valence-corrected chi connectivity index (χ3v) is 16.6. The van der Waals surface area contributed by atoms with Crippen LogP contribution in [0.1, 0.15) is 96.9 Å². The molecule has 95 heavy (non-hydrogen) atoms. The normalized spacial score (nSPS) is 13.2. The van der Waals surface area contributed by atoms with Gasteiger partial charge in [0.25, 0.3) is 0 Å². The van der Waals surface area contributed by atoms with E-state index >= 15 is 0 Å². The van der Waals surface area contributed by atoms with Crippen LogP contribution in [0.4, 0.5) is 0 Å². The summed E-state index contributed by atoms with van der Waals surface area (Å²) in [7, 11) is -1.95. The average molecular weight is 1360 g/mol. The van der Waals surface area contributed by atoms with E-state index in [1.165, 1.54) is 41.9 Å². The van der Waals surface area contributed by atoms with Gasteiger partial charge in [0.2, 0.25) is 0 Å². The van der Waals surface area contributed by atoms with E-state index in [1.807, 2.05) is 133 Å². The van der Waals surface area contributed by atoms with Crippen LogP contribution in [0.5, 0.6) is 0 Å². The van der Waals surface area contributed by atoms with Gasteiger partial charge in [-0.1, -0.05) is 223 Å². The van der Waals surface area contributed by atoms with Crippen LogP contribution in [-0.2, 0) is 47.8 Å². The number of carboxylic acids is 2. The van der Waals surface area contributed by atoms with E-state index in [9.17, 15) is 43.8 Å². The molecule has 0 aromatic heterocycles. The number of hydrogen-bond acceptors (Lipinski definition) is 12. The van der Waals surface area contributed by atoms with E-state index in [-0.39, 0.29) is 83.8 Å². The maximum absolute atomic E-state index is 12.2. The van der Waals surface area contributed by atoms with Gasteiger partial charge < -0.3 is 51.0 Å². The Morgan fingerprint density at radius 1 is 0.347 bits per heavy atom. The number of carbonyl (C=O) groups is 7. The number of benzene rings is 3. The zero-order valence-corrected chi connectivity index (χ0v) is 60.8. The molecule has 0 N–H and O–H groups in total. The van der Waals surface area contributed by atoms with Crippen molar-refractivity contribution in [3.63, 3.8) is 0 Å². The molecule has 3 rings (SSSR count). The maximum atomic E-state index is 12.2. The molecule has 0 atom stereocenters. The average Bonchev–Trinajstić information content (AvgIpc) is 0.762. The summed E-state index contributed by atoms with van der Waals surface area (Å²) in [6.07, 6.45) is 47.3. The van der Waals surface area contributed by atoms with Crippen molar-refractivity contribution in [1.82, 2.24) is 0 Å². The topological polar surface area (TPSA) is 193 Å². The molecule has 0 saturated heterocycles. The van der Waals surface area contributed by atoms with Crippen molar-refractivity contribution in [3.05, 3.63) is 304 Å². The molecule has 3 aromatic rings. The summed E-state index contributed by atoms with van der Waals surface area (Å²) in [5.74, 6) is -3.20. The van der Waals surface area contributed by atoms with E-state index in [1.54, 1.807) is 102 Å². The van der Waals surface area contributed by atoms with Crippen LogP contribution in [0.2, 0.25) is 0 Å². The van der Waals surface area contributed by atoms with Gasteiger partial charge in [-0.15, -0.1) is 0 Å². The predicted molar refractivity (Wildman–Crippen MR) is 377 cm³/mol. The molecule has 0 unspecified atom stereocenters. The van der Waals surface area contributed by atoms with Gasteiger partial charge in [0.1, 0.15) is 35.7 Å². The number of esters is 3. The molecule has 0 saturated carbocycles. The number of hydrogen-bond donors (Lipinski definition) is 0. The van der Waals surface area contributed by atoms with Crippen LogP contribution in [-0.4, -0.2) is 68.4 Å². The summed E-state index contributed by atoms with van der Waals surface area (Å²) in [5, 5.41) is 24.9. The molecule has 12 nitrogen and oxygen atoms in total. The molecule has 0 heterocycles. The molecule has 0 aliphatic heterocycles. The molecule has 16 heteroatoms. The predicted octanol–water partition coefficient (Wildman–Crippen LogP) is 4.84. The van der Waals surface area contributed by atoms with E-state index in [4.69, 9.17) is 14.2 Å². The number of aldehydes is 2. The van der Waals surface area contributed by atoms with Gasteiger partial charge in [-0.05, 0) is 162 Å². The van der Waals surface area contributed by atoms with Gasteiger partial charge >= 0.3 is 55.6 Å². The SMILES string of the molecule is CC(/C=C/C=C(\C)C(=O)[O-])=C\C=C\C=C(C)\C=C\C=C(/C)C(=O)[O-].CCOC(=O)/C(C)=C/C=C/C(C)=C/C=C/C=C(C)/C=C/C=C(\C)C(=O)OCC.CCOC(=O)/C(C)=C/C[P+](c1ccccc1)(c1ccccc1)c1ccccc1.C\C(C=O)=C/C=C/C=C(\C)C=O.[Br-].[Li+].[Li+]. The minimum absolute atomic E-state index is 0. The number of aliphatic carboxylic acids is 2. The van der Waals surface area contributed by atoms with Gasteiger partial charge in [-0.2, -0.15) is 0 Å². The van der Waals surface area contributed by atoms with Crippen molar-refractivity contribution < 1.29 is 113 Å². The minimum Gasteiger partial charge on any atom is -1.00 e. The summed E-state index contributed by atoms with van der Waals surface area (Å²) in [6, 6.07) is 32.0. The Morgan fingerprint density at radius 3 is 0.811 bits per heavy atom. The molecular formula is C79H92BrLi2O12P. The molecule has 0 bridgehead atoms. The van der Waals surface area contributed by atoms with Crippen molar-refractivity contribution in [1.29, 1.82) is 0 Å². The van der Waals surface area contributed by atoms with Crippen molar-refractivity contribution in [2.24, 2.45) is 0 Å². The van der Waals surface area contributed by atoms with E-state index < -0.39 is 19.2 Å². The van der Waals surface area contributed by atoms with Gasteiger partial charge in [0.05, 0.1) is 37.9 Å². The standard InChI is InChI=1S/C25H26O2P.C24H32O4.C20H24O4.C10H12O2.BrH.2Li/c1-3-27-25(26)21(2)19-20-28(22-13-7-4-8-14-22,23-15-9-5-10-16-23)24-17-11-6-12-18-24;1-7-27-23(25)21(5)17-11-15-19(3)13-9-10-14-20(4)16-12-18-22(6)24(26)28-8-2;1-15(11-7-13-17(3)19(21)22)9-5-6-10-16(2)12-8-14-18(4)20(23)24;1-9(7-11)5-3-4-6-10(2)8-12;;;/h4-19H,3,20H2,1-2H3;9-18H,7-8H2,1-6H3;5-14H,1-4H3,(H,21,22)(H,23,24);3-8H,1-2H3;1H;;/q+1;;;;;2*+1/p-3/b21-19+;10-9+,15-11+,16-12+,19-13+,20-14+,21-17+,22-18+;6-5+,11-7+,12-8+,15-9+,16-10+,17-13+,18-14+;4-3+,9-5+,10-6+;;;. The Bertz CT molecular complexity index is 3210. The summed E-state index contributed by atoms with van der Waals surface area (Å²) >= 11 is 0. The first-order chi connectivity index (χ1) is 43.9. The van der Waals surface area contributed by atoms with E-state index in [0.29, 0.717) is 47.7 Å². The third kappa shape index (κ3) is 43.4. The largest absolute Gasteiger partial charge is 1.00 e. The number of ether oxygens (including phenoxy) is 3. The fourth-order valence-electron chi connectivity index (χ4n) is 7.10. The summed E-state index contributed by atoms with van der Waals surface area (Å²) in [5.41, 5.74) is 7.48. The van der Waals surface area contributed by atoms with Gasteiger partial charge in [-0.25, -0.2) is 14.4 Å². The number of allylic oxidation sites excluding steroid dienone is 31. The molecule has 0 aliphatic rings. The second kappa shape index (κ2) is 57.2. The fourth-order valence-corrected chi connectivity index (χ4v) is 11.2. The maximum Gasteiger partial charge on any atom is 1.00 e. The van der Waals surface area contributed by atoms with Crippen molar-refractivity contribution in [3.8, 4) is 0 Å². The van der Waals surface area contributed by atoms with Crippen LogP contribution in [0.15, 0.2) is 304 Å². The van der Waals surface area contributed by atoms with Crippen molar-refractivity contribution >= 4 is 65.6 Å². The van der Waals surface area contributed by atoms with Gasteiger partial charge in [-0.3, -0.25) is 9.59 Å². The second-order valence-electron chi connectivity index (χ2n) is 20.3. The Morgan fingerprint density at radius 2 is 0.579 bits per heavy atom. The van der Waals surface area contributed by atoms with Crippen molar-refractivity contribution in [2.75, 3.05) is 26.0 Å². The molecule has 0 radical (unpaired) electrons. The van der Waals surface area contributed by atoms with E-state index in [2.05, 4.69) is 78.9 Å². The quantitative estimate of drug-likeness (QED) is 0.0175. The summed E-state index contributed by atoms with van der Waals surface area (Å²) in [4.78, 5) is 76.4. The van der Waals surface area contributed by atoms with Gasteiger partial charge in [0, 0.05) is 16.7 Å². The molecule has 0 aliphatic carbocycles. The van der Waals surface area contributed by atoms with Crippen molar-refractivity contribution in [2.45, 2.75) is 96.9 Å². The Balaban J connectivity index is -0.000000595. The Kier molecular flexibility index (Phi) is 56.1. The zero-order valence-electron chi connectivity index (χ0n) is 58.3. The molecule has 0 spiro atoms. The van der Waals surface area contributed by atoms with Crippen LogP contribution >= 0.6 is 7.26 Å². The fraction of sp³-hybridized carbons (Fsp3) is 0.228. The minimum atomic E-state index is -1.95. The second-order valence-corrected chi connectivity index (χ2v) is 23.8. The van der Waals surface area contributed by atoms with Crippen LogP contribution < -0.4 is 80.8 Å².